The van der Waals surface area contributed by atoms with Gasteiger partial charge in [-0.2, -0.15) is 0 Å². The zero-order valence-corrected chi connectivity index (χ0v) is 18.5. The molecule has 0 aliphatic carbocycles. The fourth-order valence-corrected chi connectivity index (χ4v) is 4.66. The summed E-state index contributed by atoms with van der Waals surface area (Å²) in [5, 5.41) is 5.99. The fourth-order valence-electron chi connectivity index (χ4n) is 3.79. The normalized spacial score (nSPS) is 15.4. The lowest BCUT2D eigenvalue weighted by atomic mass is 9.88. The quantitative estimate of drug-likeness (QED) is 0.593. The second-order valence-corrected chi connectivity index (χ2v) is 8.86. The maximum absolute atomic E-state index is 12.9. The Morgan fingerprint density at radius 1 is 1.17 bits per heavy atom. The lowest BCUT2D eigenvalue weighted by molar-refractivity contribution is -0.134. The van der Waals surface area contributed by atoms with Gasteiger partial charge in [0.2, 0.25) is 5.91 Å². The number of urea groups is 1. The minimum Gasteiger partial charge on any atom is -0.323 e. The summed E-state index contributed by atoms with van der Waals surface area (Å²) in [5.41, 5.74) is 1.49. The van der Waals surface area contributed by atoms with Crippen molar-refractivity contribution in [3.8, 4) is 0 Å². The van der Waals surface area contributed by atoms with E-state index in [1.165, 1.54) is 22.5 Å². The monoisotopic (exact) mass is 428 g/mol. The standard InChI is InChI=1S/C22H28N4O3S/c1-4-10-22(11-5-2)19(28)26(21(29)25-22)14-18(27)24-20-23-13-17(30-20)12-16-8-6-15(3)7-9-16/h6-9,13H,4-5,10-12,14H2,1-3H3,(H,25,29)(H,23,24,27). The number of nitrogens with one attached hydrogen (secondary N) is 2. The zero-order valence-electron chi connectivity index (χ0n) is 17.7. The molecule has 0 saturated carbocycles. The molecule has 1 saturated heterocycles. The first kappa shape index (κ1) is 22.0. The van der Waals surface area contributed by atoms with E-state index in [9.17, 15) is 14.4 Å². The van der Waals surface area contributed by atoms with Gasteiger partial charge < -0.3 is 10.6 Å². The Balaban J connectivity index is 1.60. The second-order valence-electron chi connectivity index (χ2n) is 7.75. The van der Waals surface area contributed by atoms with Gasteiger partial charge in [-0.25, -0.2) is 9.78 Å². The van der Waals surface area contributed by atoms with Crippen molar-refractivity contribution in [2.45, 2.75) is 58.4 Å². The van der Waals surface area contributed by atoms with Crippen LogP contribution in [0.25, 0.3) is 0 Å². The molecule has 0 unspecified atom stereocenters. The molecule has 30 heavy (non-hydrogen) atoms. The van der Waals surface area contributed by atoms with Gasteiger partial charge in [0.25, 0.3) is 5.91 Å². The van der Waals surface area contributed by atoms with E-state index in [-0.39, 0.29) is 12.5 Å². The van der Waals surface area contributed by atoms with Gasteiger partial charge in [-0.05, 0) is 25.3 Å². The molecule has 160 valence electrons. The number of amides is 4. The van der Waals surface area contributed by atoms with Crippen LogP contribution >= 0.6 is 11.3 Å². The van der Waals surface area contributed by atoms with Crippen molar-refractivity contribution >= 4 is 34.3 Å². The summed E-state index contributed by atoms with van der Waals surface area (Å²) in [7, 11) is 0. The van der Waals surface area contributed by atoms with Gasteiger partial charge >= 0.3 is 6.03 Å². The molecule has 4 amide bonds. The molecule has 1 fully saturated rings. The van der Waals surface area contributed by atoms with Crippen LogP contribution in [0.3, 0.4) is 0 Å². The van der Waals surface area contributed by atoms with Crippen LogP contribution < -0.4 is 10.6 Å². The summed E-state index contributed by atoms with van der Waals surface area (Å²) >= 11 is 1.39. The molecule has 1 aromatic carbocycles. The number of aromatic nitrogens is 1. The molecule has 1 aliphatic rings. The lowest BCUT2D eigenvalue weighted by Gasteiger charge is -2.25. The van der Waals surface area contributed by atoms with Gasteiger partial charge in [-0.1, -0.05) is 56.5 Å². The average Bonchev–Trinajstić information content (AvgIpc) is 3.22. The first-order valence-corrected chi connectivity index (χ1v) is 11.1. The predicted octanol–water partition coefficient (Wildman–Crippen LogP) is 3.87. The van der Waals surface area contributed by atoms with E-state index in [1.807, 2.05) is 20.8 Å². The predicted molar refractivity (Wildman–Crippen MR) is 118 cm³/mol. The van der Waals surface area contributed by atoms with Gasteiger partial charge in [-0.15, -0.1) is 11.3 Å². The molecular weight excluding hydrogens is 400 g/mol. The third kappa shape index (κ3) is 4.87. The first-order chi connectivity index (χ1) is 14.4. The van der Waals surface area contributed by atoms with Crippen LogP contribution in [0, 0.1) is 6.92 Å². The Morgan fingerprint density at radius 3 is 2.47 bits per heavy atom. The third-order valence-electron chi connectivity index (χ3n) is 5.20. The minimum absolute atomic E-state index is 0.313. The highest BCUT2D eigenvalue weighted by atomic mass is 32.1. The number of imide groups is 1. The topological polar surface area (TPSA) is 91.4 Å². The number of nitrogens with zero attached hydrogens (tertiary/aromatic N) is 2. The molecule has 2 heterocycles. The van der Waals surface area contributed by atoms with E-state index in [1.54, 1.807) is 6.20 Å². The van der Waals surface area contributed by atoms with Crippen LogP contribution in [0.15, 0.2) is 30.5 Å². The molecule has 0 atom stereocenters. The Bertz CT molecular complexity index is 917. The van der Waals surface area contributed by atoms with Crippen molar-refractivity contribution in [2.75, 3.05) is 11.9 Å². The number of rotatable bonds is 9. The van der Waals surface area contributed by atoms with Crippen molar-refractivity contribution in [2.24, 2.45) is 0 Å². The third-order valence-corrected chi connectivity index (χ3v) is 6.11. The summed E-state index contributed by atoms with van der Waals surface area (Å²) in [6.07, 6.45) is 5.15. The lowest BCUT2D eigenvalue weighted by Crippen LogP contribution is -2.47. The molecule has 1 aliphatic heterocycles. The van der Waals surface area contributed by atoms with Gasteiger partial charge in [0.05, 0.1) is 0 Å². The molecule has 0 spiro atoms. The maximum Gasteiger partial charge on any atom is 0.325 e. The highest BCUT2D eigenvalue weighted by Crippen LogP contribution is 2.28. The van der Waals surface area contributed by atoms with Crippen molar-refractivity contribution in [1.29, 1.82) is 0 Å². The number of benzene rings is 1. The highest BCUT2D eigenvalue weighted by molar-refractivity contribution is 7.15. The first-order valence-electron chi connectivity index (χ1n) is 10.3. The maximum atomic E-state index is 12.9. The number of aryl methyl sites for hydroxylation is 1. The Morgan fingerprint density at radius 2 is 1.83 bits per heavy atom. The van der Waals surface area contributed by atoms with Crippen LogP contribution in [0.2, 0.25) is 0 Å². The molecule has 7 nitrogen and oxygen atoms in total. The number of hydrogen-bond acceptors (Lipinski definition) is 5. The molecule has 2 aromatic rings. The molecule has 0 radical (unpaired) electrons. The van der Waals surface area contributed by atoms with Gasteiger partial charge in [-0.3, -0.25) is 14.5 Å². The van der Waals surface area contributed by atoms with Gasteiger partial charge in [0.1, 0.15) is 12.1 Å². The smallest absolute Gasteiger partial charge is 0.323 e. The Hall–Kier alpha value is -2.74. The van der Waals surface area contributed by atoms with E-state index < -0.39 is 17.5 Å². The number of thiazole rings is 1. The van der Waals surface area contributed by atoms with Crippen molar-refractivity contribution in [3.05, 3.63) is 46.5 Å². The van der Waals surface area contributed by atoms with E-state index >= 15 is 0 Å². The highest BCUT2D eigenvalue weighted by Gasteiger charge is 2.50. The average molecular weight is 429 g/mol. The van der Waals surface area contributed by atoms with Crippen molar-refractivity contribution in [3.63, 3.8) is 0 Å². The molecule has 1 aromatic heterocycles. The fraction of sp³-hybridized carbons (Fsp3) is 0.455. The van der Waals surface area contributed by atoms with Gasteiger partial charge in [0, 0.05) is 17.5 Å². The summed E-state index contributed by atoms with van der Waals surface area (Å²) < 4.78 is 0. The van der Waals surface area contributed by atoms with E-state index in [0.29, 0.717) is 18.0 Å². The van der Waals surface area contributed by atoms with Gasteiger partial charge in [0.15, 0.2) is 5.13 Å². The van der Waals surface area contributed by atoms with Crippen LogP contribution in [-0.4, -0.2) is 39.8 Å². The van der Waals surface area contributed by atoms with E-state index in [2.05, 4.69) is 39.9 Å². The Labute approximate surface area is 180 Å². The summed E-state index contributed by atoms with van der Waals surface area (Å²) in [6.45, 7) is 5.68. The molecular formula is C22H28N4O3S. The summed E-state index contributed by atoms with van der Waals surface area (Å²) in [6, 6.07) is 7.77. The SMILES string of the molecule is CCCC1(CCC)NC(=O)N(CC(=O)Nc2ncc(Cc3ccc(C)cc3)s2)C1=O. The number of hydrogen-bond donors (Lipinski definition) is 2. The number of carbonyl (C=O) groups excluding carboxylic acids is 3. The van der Waals surface area contributed by atoms with Crippen molar-refractivity contribution in [1.82, 2.24) is 15.2 Å². The van der Waals surface area contributed by atoms with Crippen LogP contribution in [-0.2, 0) is 16.0 Å². The van der Waals surface area contributed by atoms with Crippen LogP contribution in [0.5, 0.6) is 0 Å². The van der Waals surface area contributed by atoms with Crippen molar-refractivity contribution < 1.29 is 14.4 Å². The largest absolute Gasteiger partial charge is 0.325 e. The van der Waals surface area contributed by atoms with E-state index in [4.69, 9.17) is 0 Å². The number of carbonyl (C=O) groups is 3. The van der Waals surface area contributed by atoms with Crippen LogP contribution in [0.1, 0.15) is 55.5 Å². The number of anilines is 1. The molecule has 0 bridgehead atoms. The minimum atomic E-state index is -0.886. The summed E-state index contributed by atoms with van der Waals surface area (Å²) in [5.74, 6) is -0.746. The Kier molecular flexibility index (Phi) is 6.87. The molecule has 8 heteroatoms. The van der Waals surface area contributed by atoms with Crippen LogP contribution in [0.4, 0.5) is 9.93 Å². The molecule has 2 N–H and O–H groups in total. The second kappa shape index (κ2) is 9.38. The van der Waals surface area contributed by atoms with E-state index in [0.717, 1.165) is 29.0 Å². The zero-order chi connectivity index (χ0) is 21.7. The molecule has 3 rings (SSSR count). The summed E-state index contributed by atoms with van der Waals surface area (Å²) in [4.78, 5) is 44.0.